The Kier molecular flexibility index (Phi) is 4.74. The number of nitrogens with one attached hydrogen (secondary N) is 1. The summed E-state index contributed by atoms with van der Waals surface area (Å²) in [6.07, 6.45) is 2.84. The average Bonchev–Trinajstić information content (AvgIpc) is 3.18. The summed E-state index contributed by atoms with van der Waals surface area (Å²) in [5.41, 5.74) is -0.139. The van der Waals surface area contributed by atoms with Crippen LogP contribution in [-0.2, 0) is 6.54 Å². The molecule has 0 saturated carbocycles. The Labute approximate surface area is 141 Å². The first kappa shape index (κ1) is 16.2. The highest BCUT2D eigenvalue weighted by Crippen LogP contribution is 2.03. The summed E-state index contributed by atoms with van der Waals surface area (Å²) in [4.78, 5) is 27.7. The number of carbonyl (C=O) groups excluding carboxylic acids is 1. The molecule has 0 fully saturated rings. The molecule has 0 bridgehead atoms. The lowest BCUT2D eigenvalue weighted by Crippen LogP contribution is -2.32. The molecule has 11 heteroatoms. The van der Waals surface area contributed by atoms with E-state index in [1.54, 1.807) is 6.07 Å². The van der Waals surface area contributed by atoms with E-state index in [1.165, 1.54) is 47.3 Å². The van der Waals surface area contributed by atoms with Gasteiger partial charge in [-0.25, -0.2) is 14.3 Å². The normalized spacial score (nSPS) is 10.4. The summed E-state index contributed by atoms with van der Waals surface area (Å²) in [7, 11) is 1.46. The van der Waals surface area contributed by atoms with Crippen LogP contribution in [0.1, 0.15) is 10.5 Å². The van der Waals surface area contributed by atoms with Crippen molar-refractivity contribution in [2.24, 2.45) is 0 Å². The first-order chi connectivity index (χ1) is 12.2. The predicted molar refractivity (Wildman–Crippen MR) is 84.3 cm³/mol. The molecule has 1 N–H and O–H groups in total. The van der Waals surface area contributed by atoms with Crippen LogP contribution in [-0.4, -0.2) is 54.3 Å². The lowest BCUT2D eigenvalue weighted by atomic mass is 10.3. The van der Waals surface area contributed by atoms with Gasteiger partial charge < -0.3 is 10.1 Å². The summed E-state index contributed by atoms with van der Waals surface area (Å²) >= 11 is 0. The minimum absolute atomic E-state index is 0.150. The molecule has 3 heterocycles. The van der Waals surface area contributed by atoms with Crippen molar-refractivity contribution >= 4 is 5.91 Å². The summed E-state index contributed by atoms with van der Waals surface area (Å²) < 4.78 is 7.54. The maximum Gasteiger partial charge on any atom is 0.271 e. The van der Waals surface area contributed by atoms with Gasteiger partial charge in [0.25, 0.3) is 11.5 Å². The maximum atomic E-state index is 12.0. The van der Waals surface area contributed by atoms with Crippen LogP contribution in [0.25, 0.3) is 5.82 Å². The number of hydrogen-bond acceptors (Lipinski definition) is 8. The van der Waals surface area contributed by atoms with Gasteiger partial charge in [0.15, 0.2) is 11.5 Å². The standard InChI is InChI=1S/C14H14N8O3/c1-25-12-4-2-10(18-19-12)14(24)16-6-7-21-13(23)5-3-11(20-21)22-9-15-8-17-22/h2-5,8-9H,6-7H2,1H3,(H,16,24). The number of methoxy groups -OCH3 is 1. The van der Waals surface area contributed by atoms with Crippen molar-refractivity contribution in [1.82, 2.24) is 40.1 Å². The first-order valence-electron chi connectivity index (χ1n) is 7.26. The molecular formula is C14H14N8O3. The molecule has 25 heavy (non-hydrogen) atoms. The van der Waals surface area contributed by atoms with Crippen LogP contribution in [0.4, 0.5) is 0 Å². The average molecular weight is 342 g/mol. The van der Waals surface area contributed by atoms with Gasteiger partial charge in [-0.15, -0.1) is 15.3 Å². The molecule has 0 aliphatic carbocycles. The van der Waals surface area contributed by atoms with Crippen molar-refractivity contribution in [3.8, 4) is 11.7 Å². The quantitative estimate of drug-likeness (QED) is 0.607. The summed E-state index contributed by atoms with van der Waals surface area (Å²) in [6, 6.07) is 5.95. The Morgan fingerprint density at radius 1 is 1.24 bits per heavy atom. The van der Waals surface area contributed by atoms with Crippen molar-refractivity contribution in [2.75, 3.05) is 13.7 Å². The molecule has 0 aliphatic rings. The molecule has 0 aromatic carbocycles. The molecule has 3 aromatic rings. The van der Waals surface area contributed by atoms with E-state index >= 15 is 0 Å². The van der Waals surface area contributed by atoms with Gasteiger partial charge in [-0.2, -0.15) is 5.10 Å². The lowest BCUT2D eigenvalue weighted by Gasteiger charge is -2.08. The second-order valence-corrected chi connectivity index (χ2v) is 4.81. The molecule has 3 rings (SSSR count). The highest BCUT2D eigenvalue weighted by molar-refractivity contribution is 5.92. The van der Waals surface area contributed by atoms with Crippen LogP contribution in [0.3, 0.4) is 0 Å². The highest BCUT2D eigenvalue weighted by atomic mass is 16.5. The molecule has 3 aromatic heterocycles. The van der Waals surface area contributed by atoms with Crippen molar-refractivity contribution in [1.29, 1.82) is 0 Å². The molecular weight excluding hydrogens is 328 g/mol. The summed E-state index contributed by atoms with van der Waals surface area (Å²) in [6.45, 7) is 0.386. The van der Waals surface area contributed by atoms with E-state index in [9.17, 15) is 9.59 Å². The Hall–Kier alpha value is -3.63. The minimum Gasteiger partial charge on any atom is -0.480 e. The van der Waals surface area contributed by atoms with Crippen molar-refractivity contribution in [3.05, 3.63) is 53.0 Å². The molecule has 1 amide bonds. The zero-order chi connectivity index (χ0) is 17.6. The lowest BCUT2D eigenvalue weighted by molar-refractivity contribution is 0.0945. The van der Waals surface area contributed by atoms with Gasteiger partial charge in [-0.3, -0.25) is 9.59 Å². The van der Waals surface area contributed by atoms with Crippen molar-refractivity contribution in [2.45, 2.75) is 6.54 Å². The van der Waals surface area contributed by atoms with E-state index in [-0.39, 0.29) is 24.3 Å². The SMILES string of the molecule is COc1ccc(C(=O)NCCn2nc(-n3cncn3)ccc2=O)nn1. The Balaban J connectivity index is 1.62. The van der Waals surface area contributed by atoms with Gasteiger partial charge in [0.2, 0.25) is 5.88 Å². The van der Waals surface area contributed by atoms with E-state index in [4.69, 9.17) is 4.74 Å². The number of nitrogens with zero attached hydrogens (tertiary/aromatic N) is 7. The van der Waals surface area contributed by atoms with E-state index in [1.807, 2.05) is 0 Å². The molecule has 0 aliphatic heterocycles. The van der Waals surface area contributed by atoms with Gasteiger partial charge in [-0.05, 0) is 12.1 Å². The predicted octanol–water partition coefficient (Wildman–Crippen LogP) is -0.947. The van der Waals surface area contributed by atoms with Crippen LogP contribution < -0.4 is 15.6 Å². The van der Waals surface area contributed by atoms with Gasteiger partial charge in [0.05, 0.1) is 13.7 Å². The minimum atomic E-state index is -0.407. The Morgan fingerprint density at radius 3 is 2.80 bits per heavy atom. The van der Waals surface area contributed by atoms with Crippen LogP contribution >= 0.6 is 0 Å². The van der Waals surface area contributed by atoms with Crippen LogP contribution in [0, 0.1) is 0 Å². The molecule has 0 atom stereocenters. The highest BCUT2D eigenvalue weighted by Gasteiger charge is 2.09. The third kappa shape index (κ3) is 3.83. The van der Waals surface area contributed by atoms with Gasteiger partial charge in [0.1, 0.15) is 12.7 Å². The second kappa shape index (κ2) is 7.29. The van der Waals surface area contributed by atoms with Gasteiger partial charge >= 0.3 is 0 Å². The molecule has 128 valence electrons. The molecule has 0 spiro atoms. The van der Waals surface area contributed by atoms with E-state index < -0.39 is 5.91 Å². The molecule has 0 unspecified atom stereocenters. The van der Waals surface area contributed by atoms with E-state index in [0.29, 0.717) is 11.7 Å². The largest absolute Gasteiger partial charge is 0.480 e. The zero-order valence-corrected chi connectivity index (χ0v) is 13.2. The van der Waals surface area contributed by atoms with Crippen LogP contribution in [0.15, 0.2) is 41.7 Å². The molecule has 0 saturated heterocycles. The number of aromatic nitrogens is 7. The van der Waals surface area contributed by atoms with Gasteiger partial charge in [0, 0.05) is 18.7 Å². The zero-order valence-electron chi connectivity index (χ0n) is 13.2. The number of carbonyl (C=O) groups is 1. The maximum absolute atomic E-state index is 12.0. The van der Waals surface area contributed by atoms with E-state index in [2.05, 4.69) is 30.7 Å². The number of ether oxygens (including phenoxy) is 1. The van der Waals surface area contributed by atoms with Crippen LogP contribution in [0.5, 0.6) is 5.88 Å². The summed E-state index contributed by atoms with van der Waals surface area (Å²) in [5, 5.41) is 18.3. The number of hydrogen-bond donors (Lipinski definition) is 1. The van der Waals surface area contributed by atoms with Crippen molar-refractivity contribution in [3.63, 3.8) is 0 Å². The van der Waals surface area contributed by atoms with Gasteiger partial charge in [-0.1, -0.05) is 0 Å². The smallest absolute Gasteiger partial charge is 0.271 e. The first-order valence-corrected chi connectivity index (χ1v) is 7.26. The Morgan fingerprint density at radius 2 is 2.12 bits per heavy atom. The molecule has 0 radical (unpaired) electrons. The number of amides is 1. The second-order valence-electron chi connectivity index (χ2n) is 4.81. The van der Waals surface area contributed by atoms with Crippen LogP contribution in [0.2, 0.25) is 0 Å². The van der Waals surface area contributed by atoms with Crippen molar-refractivity contribution < 1.29 is 9.53 Å². The topological polar surface area (TPSA) is 130 Å². The number of rotatable bonds is 6. The third-order valence-corrected chi connectivity index (χ3v) is 3.20. The van der Waals surface area contributed by atoms with E-state index in [0.717, 1.165) is 0 Å². The summed E-state index contributed by atoms with van der Waals surface area (Å²) in [5.74, 6) is 0.359. The Bertz CT molecular complexity index is 905. The fraction of sp³-hybridized carbons (Fsp3) is 0.214. The fourth-order valence-corrected chi connectivity index (χ4v) is 1.96. The monoisotopic (exact) mass is 342 g/mol. The fourth-order valence-electron chi connectivity index (χ4n) is 1.96. The molecule has 11 nitrogen and oxygen atoms in total. The third-order valence-electron chi connectivity index (χ3n) is 3.20.